The van der Waals surface area contributed by atoms with Crippen LogP contribution >= 0.6 is 0 Å². The number of halogens is 2. The van der Waals surface area contributed by atoms with Gasteiger partial charge in [0.2, 0.25) is 5.91 Å². The maximum absolute atomic E-state index is 14.7. The number of piperidine rings is 1. The number of pyridine rings is 1. The van der Waals surface area contributed by atoms with Gasteiger partial charge in [-0.15, -0.1) is 0 Å². The molecule has 2 heterocycles. The number of benzene rings is 1. The average molecular weight is 461 g/mol. The van der Waals surface area contributed by atoms with Crippen LogP contribution in [0.3, 0.4) is 0 Å². The molecule has 32 heavy (non-hydrogen) atoms. The van der Waals surface area contributed by atoms with Crippen LogP contribution < -0.4 is 16.2 Å². The maximum atomic E-state index is 14.7. The van der Waals surface area contributed by atoms with E-state index in [4.69, 9.17) is 0 Å². The van der Waals surface area contributed by atoms with Crippen LogP contribution in [0.5, 0.6) is 0 Å². The number of hydrogen-bond acceptors (Lipinski definition) is 5. The van der Waals surface area contributed by atoms with Crippen molar-refractivity contribution in [3.05, 3.63) is 58.0 Å². The minimum Gasteiger partial charge on any atom is -0.612 e. The molecule has 0 spiro atoms. The lowest BCUT2D eigenvalue weighted by Gasteiger charge is -2.23. The van der Waals surface area contributed by atoms with Gasteiger partial charge in [-0.3, -0.25) is 14.2 Å². The van der Waals surface area contributed by atoms with Crippen molar-refractivity contribution < 1.29 is 18.1 Å². The molecule has 1 aromatic carbocycles. The van der Waals surface area contributed by atoms with Crippen LogP contribution in [0, 0.1) is 28.9 Å². The highest BCUT2D eigenvalue weighted by atomic mass is 32.2. The molecule has 1 saturated carbocycles. The SMILES string of the molecule is C[S+]([O-])c1cc(=O)n(-c2ccc(C[C@@H](C#N)NC(=O)C3NC4CCC3C4)c(F)c2)cc1F. The Hall–Kier alpha value is -2.74. The van der Waals surface area contributed by atoms with Gasteiger partial charge < -0.3 is 15.2 Å². The molecule has 2 fully saturated rings. The minimum absolute atomic E-state index is 0.0494. The number of rotatable bonds is 6. The Labute approximate surface area is 186 Å². The van der Waals surface area contributed by atoms with Crippen molar-refractivity contribution in [2.45, 2.75) is 48.7 Å². The summed E-state index contributed by atoms with van der Waals surface area (Å²) in [5.41, 5.74) is -0.377. The fourth-order valence-electron chi connectivity index (χ4n) is 4.53. The molecule has 2 bridgehead atoms. The second-order valence-electron chi connectivity index (χ2n) is 8.23. The van der Waals surface area contributed by atoms with Crippen LogP contribution in [0.1, 0.15) is 24.8 Å². The van der Waals surface area contributed by atoms with Crippen LogP contribution in [0.2, 0.25) is 0 Å². The molecule has 2 aromatic rings. The number of amides is 1. The Morgan fingerprint density at radius 3 is 2.75 bits per heavy atom. The molecule has 1 amide bonds. The molecular formula is C22H22F2N4O3S. The van der Waals surface area contributed by atoms with Gasteiger partial charge in [0.1, 0.15) is 18.1 Å². The lowest BCUT2D eigenvalue weighted by molar-refractivity contribution is -0.124. The van der Waals surface area contributed by atoms with Gasteiger partial charge in [-0.25, -0.2) is 4.39 Å². The monoisotopic (exact) mass is 460 g/mol. The van der Waals surface area contributed by atoms with Crippen molar-refractivity contribution >= 4 is 17.1 Å². The predicted molar refractivity (Wildman–Crippen MR) is 114 cm³/mol. The highest BCUT2D eigenvalue weighted by Gasteiger charge is 2.43. The lowest BCUT2D eigenvalue weighted by Crippen LogP contribution is -2.50. The fraction of sp³-hybridized carbons (Fsp3) is 0.409. The van der Waals surface area contributed by atoms with E-state index in [1.54, 1.807) is 0 Å². The molecule has 2 N–H and O–H groups in total. The van der Waals surface area contributed by atoms with E-state index >= 15 is 0 Å². The number of carbonyl (C=O) groups excluding carboxylic acids is 1. The largest absolute Gasteiger partial charge is 0.612 e. The molecule has 1 aliphatic heterocycles. The van der Waals surface area contributed by atoms with Crippen molar-refractivity contribution in [2.24, 2.45) is 5.92 Å². The predicted octanol–water partition coefficient (Wildman–Crippen LogP) is 1.54. The first kappa shape index (κ1) is 22.5. The highest BCUT2D eigenvalue weighted by molar-refractivity contribution is 7.90. The van der Waals surface area contributed by atoms with Gasteiger partial charge >= 0.3 is 0 Å². The van der Waals surface area contributed by atoms with Gasteiger partial charge in [0.15, 0.2) is 10.7 Å². The first-order valence-electron chi connectivity index (χ1n) is 10.3. The zero-order valence-corrected chi connectivity index (χ0v) is 18.1. The number of carbonyl (C=O) groups is 1. The number of hydrogen-bond donors (Lipinski definition) is 2. The first-order chi connectivity index (χ1) is 15.3. The summed E-state index contributed by atoms with van der Waals surface area (Å²) in [5, 5.41) is 15.4. The summed E-state index contributed by atoms with van der Waals surface area (Å²) in [6.07, 6.45) is 5.08. The van der Waals surface area contributed by atoms with Gasteiger partial charge in [-0.1, -0.05) is 6.07 Å². The molecule has 4 rings (SSSR count). The molecular weight excluding hydrogens is 438 g/mol. The standard InChI is InChI=1S/C22H22F2N4O3S/c1-32(31)19-9-20(29)28(11-18(19)24)16-5-3-12(17(23)8-16)6-15(10-25)27-22(30)21-13-2-4-14(7-13)26-21/h3,5,8-9,11,13-15,21,26H,2,4,6-7H2,1H3,(H,27,30)/t13?,14?,15-,21?,32?/m0/s1. The van der Waals surface area contributed by atoms with Crippen LogP contribution in [0.25, 0.3) is 5.69 Å². The van der Waals surface area contributed by atoms with Crippen molar-refractivity contribution in [2.75, 3.05) is 6.26 Å². The van der Waals surface area contributed by atoms with E-state index in [1.165, 1.54) is 18.4 Å². The number of nitriles is 1. The second kappa shape index (κ2) is 9.02. The second-order valence-corrected chi connectivity index (χ2v) is 9.58. The first-order valence-corrected chi connectivity index (χ1v) is 11.8. The molecule has 10 heteroatoms. The zero-order valence-electron chi connectivity index (χ0n) is 17.3. The smallest absolute Gasteiger partial charge is 0.260 e. The minimum atomic E-state index is -1.67. The van der Waals surface area contributed by atoms with E-state index in [9.17, 15) is 28.2 Å². The summed E-state index contributed by atoms with van der Waals surface area (Å²) in [7, 11) is 0. The molecule has 2 aliphatic rings. The summed E-state index contributed by atoms with van der Waals surface area (Å²) in [6, 6.07) is 5.91. The summed E-state index contributed by atoms with van der Waals surface area (Å²) < 4.78 is 41.3. The number of aromatic nitrogens is 1. The van der Waals surface area contributed by atoms with Crippen molar-refractivity contribution in [1.82, 2.24) is 15.2 Å². The van der Waals surface area contributed by atoms with E-state index in [1.807, 2.05) is 6.07 Å². The lowest BCUT2D eigenvalue weighted by atomic mass is 9.98. The maximum Gasteiger partial charge on any atom is 0.260 e. The number of fused-ring (bicyclic) bond motifs is 2. The quantitative estimate of drug-likeness (QED) is 0.636. The summed E-state index contributed by atoms with van der Waals surface area (Å²) in [4.78, 5) is 24.6. The van der Waals surface area contributed by atoms with Crippen LogP contribution in [0.4, 0.5) is 8.78 Å². The summed E-state index contributed by atoms with van der Waals surface area (Å²) in [5.74, 6) is -1.51. The Balaban J connectivity index is 1.48. The van der Waals surface area contributed by atoms with Crippen LogP contribution in [-0.2, 0) is 22.4 Å². The Morgan fingerprint density at radius 2 is 2.16 bits per heavy atom. The van der Waals surface area contributed by atoms with Crippen LogP contribution in [-0.4, -0.2) is 39.4 Å². The third-order valence-electron chi connectivity index (χ3n) is 6.13. The zero-order chi connectivity index (χ0) is 23.0. The molecule has 5 atom stereocenters. The van der Waals surface area contributed by atoms with Gasteiger partial charge in [0, 0.05) is 12.5 Å². The molecule has 7 nitrogen and oxygen atoms in total. The van der Waals surface area contributed by atoms with E-state index in [-0.39, 0.29) is 40.4 Å². The van der Waals surface area contributed by atoms with E-state index in [0.717, 1.165) is 42.2 Å². The fourth-order valence-corrected chi connectivity index (χ4v) is 5.12. The van der Waals surface area contributed by atoms with Gasteiger partial charge in [-0.2, -0.15) is 9.65 Å². The van der Waals surface area contributed by atoms with Crippen molar-refractivity contribution in [3.8, 4) is 11.8 Å². The number of nitrogens with one attached hydrogen (secondary N) is 2. The van der Waals surface area contributed by atoms with Crippen molar-refractivity contribution in [1.29, 1.82) is 5.26 Å². The number of nitrogens with zero attached hydrogens (tertiary/aromatic N) is 2. The Morgan fingerprint density at radius 1 is 1.38 bits per heavy atom. The van der Waals surface area contributed by atoms with Gasteiger partial charge in [-0.05, 0) is 54.1 Å². The molecule has 4 unspecified atom stereocenters. The van der Waals surface area contributed by atoms with E-state index in [2.05, 4.69) is 10.6 Å². The Kier molecular flexibility index (Phi) is 6.33. The Bertz CT molecular complexity index is 1150. The van der Waals surface area contributed by atoms with Crippen molar-refractivity contribution in [3.63, 3.8) is 0 Å². The molecule has 1 saturated heterocycles. The van der Waals surface area contributed by atoms with E-state index in [0.29, 0.717) is 6.04 Å². The highest BCUT2D eigenvalue weighted by Crippen LogP contribution is 2.35. The third-order valence-corrected chi connectivity index (χ3v) is 7.07. The summed E-state index contributed by atoms with van der Waals surface area (Å²) >= 11 is -1.67. The third kappa shape index (κ3) is 4.41. The molecule has 1 aromatic heterocycles. The molecule has 1 aliphatic carbocycles. The normalized spacial score (nSPS) is 23.5. The average Bonchev–Trinajstić information content (AvgIpc) is 3.39. The molecule has 168 valence electrons. The van der Waals surface area contributed by atoms with E-state index < -0.39 is 34.4 Å². The summed E-state index contributed by atoms with van der Waals surface area (Å²) in [6.45, 7) is 0. The van der Waals surface area contributed by atoms with Gasteiger partial charge in [0.05, 0.1) is 30.1 Å². The van der Waals surface area contributed by atoms with Crippen LogP contribution in [0.15, 0.2) is 40.2 Å². The topological polar surface area (TPSA) is 110 Å². The molecule has 0 radical (unpaired) electrons. The van der Waals surface area contributed by atoms with Gasteiger partial charge in [0.25, 0.3) is 5.56 Å².